The molecule has 0 nitrogen and oxygen atoms in total. The zero-order chi connectivity index (χ0) is 19.0. The first-order valence-electron chi connectivity index (χ1n) is 9.81. The van der Waals surface area contributed by atoms with E-state index in [1.165, 1.54) is 39.0 Å². The monoisotopic (exact) mass is 350 g/mol. The zero-order valence-electron chi connectivity index (χ0n) is 16.3. The lowest BCUT2D eigenvalue weighted by molar-refractivity contribution is 0.772. The Balaban J connectivity index is 2.18. The van der Waals surface area contributed by atoms with Crippen LogP contribution in [0.1, 0.15) is 37.8 Å². The van der Waals surface area contributed by atoms with E-state index in [-0.39, 0.29) is 5.41 Å². The van der Waals surface area contributed by atoms with Crippen molar-refractivity contribution >= 4 is 0 Å². The number of hydrogen-bond acceptors (Lipinski definition) is 0. The number of allylic oxidation sites excluding steroid dienone is 8. The van der Waals surface area contributed by atoms with Crippen LogP contribution in [0.15, 0.2) is 108 Å². The van der Waals surface area contributed by atoms with Gasteiger partial charge in [0.25, 0.3) is 0 Å². The molecule has 0 heterocycles. The molecule has 2 aromatic rings. The summed E-state index contributed by atoms with van der Waals surface area (Å²) in [6, 6.07) is 17.6. The topological polar surface area (TPSA) is 0 Å². The van der Waals surface area contributed by atoms with E-state index in [2.05, 4.69) is 93.8 Å². The normalized spacial score (nSPS) is 18.6. The van der Waals surface area contributed by atoms with Crippen LogP contribution in [0.2, 0.25) is 0 Å². The van der Waals surface area contributed by atoms with Gasteiger partial charge in [0.15, 0.2) is 0 Å². The second-order valence-corrected chi connectivity index (χ2v) is 7.26. The summed E-state index contributed by atoms with van der Waals surface area (Å²) in [5.41, 5.74) is 9.97. The van der Waals surface area contributed by atoms with Crippen molar-refractivity contribution in [2.45, 2.75) is 32.1 Å². The summed E-state index contributed by atoms with van der Waals surface area (Å²) in [5.74, 6) is 0. The maximum Gasteiger partial charge on any atom is 0.0722 e. The molecule has 0 bridgehead atoms. The Morgan fingerprint density at radius 2 is 1.56 bits per heavy atom. The smallest absolute Gasteiger partial charge is 0.0722 e. The first-order chi connectivity index (χ1) is 13.2. The maximum atomic E-state index is 4.53. The lowest BCUT2D eigenvalue weighted by atomic mass is 9.69. The minimum atomic E-state index is -0.296. The molecule has 0 aliphatic heterocycles. The van der Waals surface area contributed by atoms with E-state index >= 15 is 0 Å². The predicted molar refractivity (Wildman–Crippen MR) is 117 cm³/mol. The first kappa shape index (κ1) is 17.5. The molecule has 0 saturated heterocycles. The zero-order valence-corrected chi connectivity index (χ0v) is 16.3. The standard InChI is InChI=1S/C27H26/c1-5-8-16-24-19(4)20(13-6-2)23(7-3)27(24)25-17-11-9-14-21(25)22-15-10-12-18-26(22)27/h6-7,9-18H,3-5,8H2,1-2H3/b13-6-,24-16+. The van der Waals surface area contributed by atoms with Crippen molar-refractivity contribution in [3.05, 3.63) is 119 Å². The van der Waals surface area contributed by atoms with Gasteiger partial charge in [-0.1, -0.05) is 99.3 Å². The second-order valence-electron chi connectivity index (χ2n) is 7.26. The molecular formula is C27H26. The highest BCUT2D eigenvalue weighted by atomic mass is 14.5. The quantitative estimate of drug-likeness (QED) is 0.542. The van der Waals surface area contributed by atoms with E-state index < -0.39 is 0 Å². The van der Waals surface area contributed by atoms with Gasteiger partial charge in [0.1, 0.15) is 0 Å². The number of rotatable bonds is 4. The van der Waals surface area contributed by atoms with E-state index in [0.29, 0.717) is 0 Å². The molecular weight excluding hydrogens is 324 g/mol. The van der Waals surface area contributed by atoms with Crippen molar-refractivity contribution in [1.29, 1.82) is 0 Å². The second kappa shape index (κ2) is 6.70. The van der Waals surface area contributed by atoms with Gasteiger partial charge < -0.3 is 0 Å². The highest BCUT2D eigenvalue weighted by molar-refractivity contribution is 5.91. The molecule has 0 aromatic heterocycles. The van der Waals surface area contributed by atoms with Crippen LogP contribution in [-0.4, -0.2) is 0 Å². The summed E-state index contributed by atoms with van der Waals surface area (Å²) >= 11 is 0. The van der Waals surface area contributed by atoms with Crippen molar-refractivity contribution in [2.75, 3.05) is 0 Å². The van der Waals surface area contributed by atoms with E-state index in [9.17, 15) is 0 Å². The molecule has 2 aliphatic rings. The number of unbranched alkanes of at least 4 members (excludes halogenated alkanes) is 1. The summed E-state index contributed by atoms with van der Waals surface area (Å²) in [6.07, 6.45) is 10.9. The molecule has 0 heteroatoms. The highest BCUT2D eigenvalue weighted by Gasteiger charge is 2.52. The first-order valence-corrected chi connectivity index (χ1v) is 9.81. The molecule has 0 saturated carbocycles. The van der Waals surface area contributed by atoms with Crippen molar-refractivity contribution in [2.24, 2.45) is 0 Å². The van der Waals surface area contributed by atoms with Crippen LogP contribution >= 0.6 is 0 Å². The fraction of sp³-hybridized carbons (Fsp3) is 0.185. The molecule has 0 atom stereocenters. The van der Waals surface area contributed by atoms with Crippen LogP contribution in [0.25, 0.3) is 11.1 Å². The van der Waals surface area contributed by atoms with E-state index in [1.54, 1.807) is 0 Å². The van der Waals surface area contributed by atoms with Crippen LogP contribution in [0.5, 0.6) is 0 Å². The summed E-state index contributed by atoms with van der Waals surface area (Å²) < 4.78 is 0. The van der Waals surface area contributed by atoms with E-state index in [4.69, 9.17) is 0 Å². The van der Waals surface area contributed by atoms with Crippen molar-refractivity contribution in [3.8, 4) is 11.1 Å². The van der Waals surface area contributed by atoms with Crippen LogP contribution in [0.3, 0.4) is 0 Å². The largest absolute Gasteiger partial charge is 0.0987 e. The Bertz CT molecular complexity index is 978. The lowest BCUT2D eigenvalue weighted by Gasteiger charge is -2.32. The fourth-order valence-corrected chi connectivity index (χ4v) is 4.88. The molecule has 4 rings (SSSR count). The van der Waals surface area contributed by atoms with Gasteiger partial charge in [0.05, 0.1) is 5.41 Å². The summed E-state index contributed by atoms with van der Waals surface area (Å²) in [5, 5.41) is 0. The van der Waals surface area contributed by atoms with Gasteiger partial charge in [-0.25, -0.2) is 0 Å². The molecule has 0 unspecified atom stereocenters. The molecule has 2 aliphatic carbocycles. The molecule has 0 amide bonds. The number of hydrogen-bond donors (Lipinski definition) is 0. The lowest BCUT2D eigenvalue weighted by Crippen LogP contribution is -2.27. The van der Waals surface area contributed by atoms with Gasteiger partial charge in [-0.3, -0.25) is 0 Å². The molecule has 1 spiro atoms. The Hall–Kier alpha value is -2.86. The fourth-order valence-electron chi connectivity index (χ4n) is 4.88. The van der Waals surface area contributed by atoms with Crippen LogP contribution in [0.4, 0.5) is 0 Å². The average Bonchev–Trinajstić information content (AvgIpc) is 3.12. The van der Waals surface area contributed by atoms with Gasteiger partial charge in [0, 0.05) is 0 Å². The SMILES string of the molecule is C=CC1=C(/C=C\C)C(=C)/C(=C\CCC)C12c1ccccc1-c1ccccc12. The maximum absolute atomic E-state index is 4.53. The molecule has 0 radical (unpaired) electrons. The Kier molecular flexibility index (Phi) is 4.36. The summed E-state index contributed by atoms with van der Waals surface area (Å²) in [7, 11) is 0. The molecule has 134 valence electrons. The molecule has 2 aromatic carbocycles. The summed E-state index contributed by atoms with van der Waals surface area (Å²) in [4.78, 5) is 0. The van der Waals surface area contributed by atoms with E-state index in [0.717, 1.165) is 18.4 Å². The van der Waals surface area contributed by atoms with Crippen molar-refractivity contribution < 1.29 is 0 Å². The number of fused-ring (bicyclic) bond motifs is 5. The molecule has 0 fully saturated rings. The Labute approximate surface area is 163 Å². The Morgan fingerprint density at radius 3 is 2.07 bits per heavy atom. The van der Waals surface area contributed by atoms with Gasteiger partial charge in [0.2, 0.25) is 0 Å². The van der Waals surface area contributed by atoms with Gasteiger partial charge in [-0.2, -0.15) is 0 Å². The molecule has 27 heavy (non-hydrogen) atoms. The van der Waals surface area contributed by atoms with Gasteiger partial charge in [-0.05, 0) is 57.9 Å². The van der Waals surface area contributed by atoms with Gasteiger partial charge in [-0.15, -0.1) is 0 Å². The third kappa shape index (κ3) is 2.23. The highest BCUT2D eigenvalue weighted by Crippen LogP contribution is 2.62. The van der Waals surface area contributed by atoms with Crippen LogP contribution in [0, 0.1) is 0 Å². The minimum absolute atomic E-state index is 0.296. The Morgan fingerprint density at radius 1 is 0.963 bits per heavy atom. The number of benzene rings is 2. The minimum Gasteiger partial charge on any atom is -0.0987 e. The average molecular weight is 351 g/mol. The van der Waals surface area contributed by atoms with E-state index in [1.807, 2.05) is 6.08 Å². The van der Waals surface area contributed by atoms with Crippen LogP contribution < -0.4 is 0 Å². The van der Waals surface area contributed by atoms with Crippen molar-refractivity contribution in [3.63, 3.8) is 0 Å². The van der Waals surface area contributed by atoms with Crippen molar-refractivity contribution in [1.82, 2.24) is 0 Å². The summed E-state index contributed by atoms with van der Waals surface area (Å²) in [6.45, 7) is 13.1. The third-order valence-corrected chi connectivity index (χ3v) is 5.88. The van der Waals surface area contributed by atoms with Gasteiger partial charge >= 0.3 is 0 Å². The van der Waals surface area contributed by atoms with Crippen LogP contribution in [-0.2, 0) is 5.41 Å². The molecule has 0 N–H and O–H groups in total. The third-order valence-electron chi connectivity index (χ3n) is 5.88. The predicted octanol–water partition coefficient (Wildman–Crippen LogP) is 7.31.